The lowest BCUT2D eigenvalue weighted by Crippen LogP contribution is -2.35. The Bertz CT molecular complexity index is 286. The zero-order valence-corrected chi connectivity index (χ0v) is 10.3. The minimum absolute atomic E-state index is 0.0214. The van der Waals surface area contributed by atoms with Gasteiger partial charge in [-0.25, -0.2) is 8.42 Å². The normalized spacial score (nSPS) is 13.5. The molecule has 1 atom stereocenters. The third-order valence-electron chi connectivity index (χ3n) is 2.07. The second-order valence-electron chi connectivity index (χ2n) is 3.40. The molecule has 0 aliphatic heterocycles. The second-order valence-corrected chi connectivity index (χ2v) is 5.51. The quantitative estimate of drug-likeness (QED) is 0.629. The molecule has 0 fully saturated rings. The average molecular weight is 237 g/mol. The summed E-state index contributed by atoms with van der Waals surface area (Å²) in [7, 11) is -0.467. The van der Waals surface area contributed by atoms with Crippen molar-refractivity contribution in [3.63, 3.8) is 0 Å². The van der Waals surface area contributed by atoms with Crippen molar-refractivity contribution >= 4 is 15.8 Å². The van der Waals surface area contributed by atoms with Gasteiger partial charge in [0.2, 0.25) is 0 Å². The van der Waals surface area contributed by atoms with Gasteiger partial charge in [0.05, 0.1) is 12.9 Å². The van der Waals surface area contributed by atoms with Crippen LogP contribution < -0.4 is 5.32 Å². The first kappa shape index (κ1) is 14.4. The molecular formula is C9H19NO4S. The molecule has 0 aliphatic rings. The number of carbonyl (C=O) groups excluding carboxylic acids is 1. The molecule has 6 heteroatoms. The highest BCUT2D eigenvalue weighted by Crippen LogP contribution is 2.02. The van der Waals surface area contributed by atoms with Crippen molar-refractivity contribution < 1.29 is 17.9 Å². The van der Waals surface area contributed by atoms with Crippen molar-refractivity contribution in [2.45, 2.75) is 25.8 Å². The first-order valence-electron chi connectivity index (χ1n) is 4.89. The van der Waals surface area contributed by atoms with Gasteiger partial charge in [-0.1, -0.05) is 13.3 Å². The number of hydrogen-bond donors (Lipinski definition) is 1. The summed E-state index contributed by atoms with van der Waals surface area (Å²) in [5.74, 6) is -1.26. The Labute approximate surface area is 91.1 Å². The van der Waals surface area contributed by atoms with Crippen LogP contribution in [0.1, 0.15) is 19.8 Å². The molecule has 0 bridgehead atoms. The van der Waals surface area contributed by atoms with Crippen molar-refractivity contribution in [3.05, 3.63) is 0 Å². The van der Waals surface area contributed by atoms with Crippen molar-refractivity contribution in [2.24, 2.45) is 0 Å². The van der Waals surface area contributed by atoms with Gasteiger partial charge in [-0.2, -0.15) is 0 Å². The Morgan fingerprint density at radius 3 is 2.47 bits per heavy atom. The maximum Gasteiger partial charge on any atom is 0.320 e. The number of esters is 1. The molecule has 15 heavy (non-hydrogen) atoms. The van der Waals surface area contributed by atoms with Gasteiger partial charge in [0.25, 0.3) is 0 Å². The van der Waals surface area contributed by atoms with E-state index in [4.69, 9.17) is 0 Å². The van der Waals surface area contributed by atoms with Crippen LogP contribution in [0, 0.1) is 0 Å². The summed E-state index contributed by atoms with van der Waals surface area (Å²) < 4.78 is 27.3. The Morgan fingerprint density at radius 2 is 2.07 bits per heavy atom. The summed E-state index contributed by atoms with van der Waals surface area (Å²) in [5.41, 5.74) is 0. The van der Waals surface area contributed by atoms with Gasteiger partial charge < -0.3 is 10.1 Å². The van der Waals surface area contributed by atoms with E-state index in [2.05, 4.69) is 10.1 Å². The van der Waals surface area contributed by atoms with Gasteiger partial charge in [0.15, 0.2) is 9.84 Å². The molecule has 0 rings (SSSR count). The molecule has 0 aromatic rings. The lowest BCUT2D eigenvalue weighted by Gasteiger charge is -2.14. The molecule has 0 radical (unpaired) electrons. The van der Waals surface area contributed by atoms with Crippen molar-refractivity contribution in [1.29, 1.82) is 0 Å². The molecule has 0 aliphatic carbocycles. The van der Waals surface area contributed by atoms with Crippen LogP contribution in [0.15, 0.2) is 0 Å². The van der Waals surface area contributed by atoms with Crippen molar-refractivity contribution in [2.75, 3.05) is 25.7 Å². The van der Waals surface area contributed by atoms with E-state index in [0.717, 1.165) is 12.8 Å². The summed E-state index contributed by atoms with van der Waals surface area (Å²) in [6.45, 7) is 1.98. The molecule has 0 saturated carbocycles. The molecular weight excluding hydrogens is 218 g/mol. The van der Waals surface area contributed by atoms with Crippen LogP contribution >= 0.6 is 0 Å². The summed E-state index contributed by atoms with van der Waals surface area (Å²) >= 11 is 0. The Balaban J connectivity index is 4.28. The smallest absolute Gasteiger partial charge is 0.320 e. The van der Waals surface area contributed by atoms with Crippen LogP contribution in [0.2, 0.25) is 0 Å². The minimum atomic E-state index is -3.36. The van der Waals surface area contributed by atoms with E-state index in [1.165, 1.54) is 7.11 Å². The molecule has 0 saturated heterocycles. The lowest BCUT2D eigenvalue weighted by atomic mass is 10.2. The molecule has 0 aromatic carbocycles. The Morgan fingerprint density at radius 1 is 1.47 bits per heavy atom. The first-order chi connectivity index (χ1) is 6.95. The molecule has 5 nitrogen and oxygen atoms in total. The number of methoxy groups -OCH3 is 1. The van der Waals surface area contributed by atoms with Gasteiger partial charge in [-0.3, -0.25) is 4.79 Å². The molecule has 0 amide bonds. The number of hydrogen-bond acceptors (Lipinski definition) is 5. The highest BCUT2D eigenvalue weighted by Gasteiger charge is 2.21. The van der Waals surface area contributed by atoms with Gasteiger partial charge in [0, 0.05) is 6.04 Å². The number of sulfone groups is 1. The highest BCUT2D eigenvalue weighted by molar-refractivity contribution is 7.92. The van der Waals surface area contributed by atoms with E-state index in [-0.39, 0.29) is 11.8 Å². The van der Waals surface area contributed by atoms with Gasteiger partial charge >= 0.3 is 5.97 Å². The van der Waals surface area contributed by atoms with Crippen LogP contribution in [0.3, 0.4) is 0 Å². The molecule has 0 aromatic heterocycles. The molecule has 90 valence electrons. The highest BCUT2D eigenvalue weighted by atomic mass is 32.2. The molecule has 0 heterocycles. The lowest BCUT2D eigenvalue weighted by molar-refractivity contribution is -0.137. The van der Waals surface area contributed by atoms with E-state index in [1.807, 2.05) is 6.92 Å². The van der Waals surface area contributed by atoms with Crippen LogP contribution in [0.5, 0.6) is 0 Å². The number of carbonyl (C=O) groups is 1. The predicted octanol–water partition coefficient (Wildman–Crippen LogP) is -0.0377. The van der Waals surface area contributed by atoms with Crippen LogP contribution in [-0.4, -0.2) is 46.1 Å². The van der Waals surface area contributed by atoms with Crippen molar-refractivity contribution in [1.82, 2.24) is 5.32 Å². The SMILES string of the molecule is CCCC(CS(=O)(=O)CC(=O)OC)NC. The summed E-state index contributed by atoms with van der Waals surface area (Å²) in [6.07, 6.45) is 1.68. The fourth-order valence-electron chi connectivity index (χ4n) is 1.26. The van der Waals surface area contributed by atoms with E-state index in [9.17, 15) is 13.2 Å². The fraction of sp³-hybridized carbons (Fsp3) is 0.889. The Kier molecular flexibility index (Phi) is 6.51. The predicted molar refractivity (Wildman–Crippen MR) is 58.4 cm³/mol. The number of nitrogens with one attached hydrogen (secondary N) is 1. The zero-order valence-electron chi connectivity index (χ0n) is 9.45. The fourth-order valence-corrected chi connectivity index (χ4v) is 2.80. The van der Waals surface area contributed by atoms with Gasteiger partial charge in [0.1, 0.15) is 5.75 Å². The average Bonchev–Trinajstić information content (AvgIpc) is 2.15. The third kappa shape index (κ3) is 6.46. The Hall–Kier alpha value is -0.620. The number of rotatable bonds is 7. The maximum atomic E-state index is 11.5. The van der Waals surface area contributed by atoms with E-state index in [0.29, 0.717) is 0 Å². The van der Waals surface area contributed by atoms with Crippen LogP contribution in [-0.2, 0) is 19.4 Å². The molecule has 1 unspecified atom stereocenters. The van der Waals surface area contributed by atoms with Crippen LogP contribution in [0.25, 0.3) is 0 Å². The first-order valence-corrected chi connectivity index (χ1v) is 6.71. The van der Waals surface area contributed by atoms with E-state index < -0.39 is 21.6 Å². The minimum Gasteiger partial charge on any atom is -0.468 e. The topological polar surface area (TPSA) is 72.5 Å². The summed E-state index contributed by atoms with van der Waals surface area (Å²) in [6, 6.07) is -0.0929. The van der Waals surface area contributed by atoms with E-state index in [1.54, 1.807) is 7.05 Å². The largest absolute Gasteiger partial charge is 0.468 e. The zero-order chi connectivity index (χ0) is 11.9. The third-order valence-corrected chi connectivity index (χ3v) is 3.65. The maximum absolute atomic E-state index is 11.5. The standard InChI is InChI=1S/C9H19NO4S/c1-4-5-8(10-2)6-15(12,13)7-9(11)14-3/h8,10H,4-7H2,1-3H3. The number of ether oxygens (including phenoxy) is 1. The van der Waals surface area contributed by atoms with Crippen LogP contribution in [0.4, 0.5) is 0 Å². The van der Waals surface area contributed by atoms with Gasteiger partial charge in [-0.05, 0) is 13.5 Å². The van der Waals surface area contributed by atoms with Gasteiger partial charge in [-0.15, -0.1) is 0 Å². The van der Waals surface area contributed by atoms with E-state index >= 15 is 0 Å². The van der Waals surface area contributed by atoms with Crippen molar-refractivity contribution in [3.8, 4) is 0 Å². The monoisotopic (exact) mass is 237 g/mol. The second kappa shape index (κ2) is 6.79. The molecule has 1 N–H and O–H groups in total. The molecule has 0 spiro atoms. The summed E-state index contributed by atoms with van der Waals surface area (Å²) in [4.78, 5) is 10.8. The summed E-state index contributed by atoms with van der Waals surface area (Å²) in [5, 5.41) is 2.92.